The number of aromatic amines is 1. The van der Waals surface area contributed by atoms with Gasteiger partial charge in [-0.25, -0.2) is 14.8 Å². The Balaban J connectivity index is 1.37. The highest BCUT2D eigenvalue weighted by Gasteiger charge is 2.22. The van der Waals surface area contributed by atoms with Gasteiger partial charge >= 0.3 is 23.9 Å². The Morgan fingerprint density at radius 2 is 1.43 bits per heavy atom. The van der Waals surface area contributed by atoms with E-state index in [-0.39, 0.29) is 100.0 Å². The molecule has 0 aliphatic rings. The van der Waals surface area contributed by atoms with Gasteiger partial charge in [-0.2, -0.15) is 4.98 Å². The first-order chi connectivity index (χ1) is 27.5. The predicted octanol–water partition coefficient (Wildman–Crippen LogP) is -1.84. The van der Waals surface area contributed by atoms with Gasteiger partial charge in [0.1, 0.15) is 11.8 Å². The van der Waals surface area contributed by atoms with Crippen LogP contribution in [0.2, 0.25) is 0 Å². The highest BCUT2D eigenvalue weighted by molar-refractivity contribution is 5.97. The number of amides is 2. The van der Waals surface area contributed by atoms with E-state index in [9.17, 15) is 48.6 Å². The lowest BCUT2D eigenvalue weighted by Gasteiger charge is -2.25. The maximum Gasteiger partial charge on any atom is 0.326 e. The van der Waals surface area contributed by atoms with Crippen LogP contribution in [0.4, 0.5) is 11.6 Å². The van der Waals surface area contributed by atoms with Crippen molar-refractivity contribution in [3.05, 3.63) is 59.1 Å². The minimum atomic E-state index is -1.36. The average Bonchev–Trinajstić information content (AvgIpc) is 3.14. The highest BCUT2D eigenvalue weighted by atomic mass is 16.4. The topological polar surface area (TPSA) is 344 Å². The van der Waals surface area contributed by atoms with E-state index in [1.807, 2.05) is 0 Å². The van der Waals surface area contributed by atoms with Crippen molar-refractivity contribution in [2.24, 2.45) is 0 Å². The number of carboxylic acids is 4. The first kappa shape index (κ1) is 45.8. The molecular weight excluding hydrogens is 766 g/mol. The number of aromatic nitrogens is 4. The van der Waals surface area contributed by atoms with Gasteiger partial charge in [0.2, 0.25) is 11.9 Å². The van der Waals surface area contributed by atoms with Gasteiger partial charge in [0.05, 0.1) is 44.6 Å². The summed E-state index contributed by atoms with van der Waals surface area (Å²) >= 11 is 0. The quantitative estimate of drug-likeness (QED) is 0.0302. The zero-order valence-corrected chi connectivity index (χ0v) is 31.3. The molecule has 312 valence electrons. The summed E-state index contributed by atoms with van der Waals surface area (Å²) in [5.41, 5.74) is 6.30. The summed E-state index contributed by atoms with van der Waals surface area (Å²) in [6, 6.07) is 4.76. The number of H-pyrrole nitrogens is 1. The van der Waals surface area contributed by atoms with E-state index < -0.39 is 66.9 Å². The van der Waals surface area contributed by atoms with Crippen molar-refractivity contribution >= 4 is 64.3 Å². The molecule has 3 aromatic rings. The summed E-state index contributed by atoms with van der Waals surface area (Å²) in [4.78, 5) is 113. The summed E-state index contributed by atoms with van der Waals surface area (Å²) in [6.45, 7) is -1.36. The highest BCUT2D eigenvalue weighted by Crippen LogP contribution is 2.13. The Labute approximate surface area is 330 Å². The maximum absolute atomic E-state index is 12.8. The van der Waals surface area contributed by atoms with Gasteiger partial charge in [0.15, 0.2) is 11.2 Å². The minimum absolute atomic E-state index is 0.00355. The number of nitrogens with two attached hydrogens (primary N) is 1. The fraction of sp³-hybridized carbons (Fsp3) is 0.429. The van der Waals surface area contributed by atoms with E-state index in [0.29, 0.717) is 11.4 Å². The second-order valence-corrected chi connectivity index (χ2v) is 12.9. The monoisotopic (exact) mass is 811 g/mol. The van der Waals surface area contributed by atoms with Crippen LogP contribution in [0.5, 0.6) is 0 Å². The normalized spacial score (nSPS) is 11.7. The van der Waals surface area contributed by atoms with Crippen molar-refractivity contribution in [1.29, 1.82) is 0 Å². The summed E-state index contributed by atoms with van der Waals surface area (Å²) in [5, 5.41) is 44.9. The first-order valence-electron chi connectivity index (χ1n) is 17.8. The number of carbonyl (C=O) groups is 7. The van der Waals surface area contributed by atoms with Crippen molar-refractivity contribution in [2.75, 3.05) is 70.0 Å². The molecule has 2 amide bonds. The third-order valence-corrected chi connectivity index (χ3v) is 8.23. The number of ketones is 1. The molecule has 0 aliphatic heterocycles. The fourth-order valence-corrected chi connectivity index (χ4v) is 5.34. The number of carboxylic acid groups (broad SMARTS) is 4. The number of nitrogens with one attached hydrogen (secondary N) is 4. The minimum Gasteiger partial charge on any atom is -0.480 e. The molecule has 23 nitrogen and oxygen atoms in total. The van der Waals surface area contributed by atoms with Crippen LogP contribution in [-0.4, -0.2) is 161 Å². The van der Waals surface area contributed by atoms with E-state index >= 15 is 0 Å². The first-order valence-corrected chi connectivity index (χ1v) is 17.8. The van der Waals surface area contributed by atoms with Gasteiger partial charge in [0, 0.05) is 63.9 Å². The summed E-state index contributed by atoms with van der Waals surface area (Å²) in [5.74, 6) is -6.53. The molecule has 1 aromatic carbocycles. The van der Waals surface area contributed by atoms with Crippen molar-refractivity contribution in [2.45, 2.75) is 38.3 Å². The molecule has 3 rings (SSSR count). The fourth-order valence-electron chi connectivity index (χ4n) is 5.34. The average molecular weight is 812 g/mol. The Morgan fingerprint density at radius 3 is 2.02 bits per heavy atom. The van der Waals surface area contributed by atoms with Gasteiger partial charge in [-0.15, -0.1) is 0 Å². The standard InChI is InChI=1S/C35H45N11O12/c1-44(12-14-46(19-28(51)52)20-29(53)54)11-13-45(18-27(49)50)17-26(48)37-10-2-3-24(47)8-9-25(34(57)58)41-32(55)21-4-6-22(7-5-21)38-15-23-16-39-31-30(40-23)33(56)43-35(36)42-31/h1,4-7,16,25,38H,2-3,8-15,17-20H2,(H,37,48)(H,41,55)(H,49,50)(H,51,52)(H,53,54)(H,57,58)(H3,36,39,42,43,56)/t25-/m0/s1. The van der Waals surface area contributed by atoms with Crippen LogP contribution in [0, 0.1) is 7.05 Å². The molecule has 0 fully saturated rings. The van der Waals surface area contributed by atoms with Gasteiger partial charge in [-0.05, 0) is 37.1 Å². The van der Waals surface area contributed by atoms with Crippen LogP contribution in [0.3, 0.4) is 0 Å². The van der Waals surface area contributed by atoms with Crippen LogP contribution in [0.15, 0.2) is 35.3 Å². The lowest BCUT2D eigenvalue weighted by atomic mass is 10.1. The van der Waals surface area contributed by atoms with Crippen LogP contribution in [0.1, 0.15) is 41.7 Å². The number of rotatable bonds is 27. The van der Waals surface area contributed by atoms with Gasteiger partial charge in [-0.3, -0.25) is 53.2 Å². The van der Waals surface area contributed by atoms with Crippen LogP contribution < -0.4 is 27.2 Å². The van der Waals surface area contributed by atoms with Crippen LogP contribution >= 0.6 is 0 Å². The number of aliphatic carboxylic acids is 4. The molecule has 0 unspecified atom stereocenters. The van der Waals surface area contributed by atoms with Crippen molar-refractivity contribution < 1.29 is 54.0 Å². The number of Topliss-reactive ketones (excluding diaryl/α,β-unsaturated/α-hetero) is 1. The Morgan fingerprint density at radius 1 is 0.828 bits per heavy atom. The molecule has 23 heteroatoms. The van der Waals surface area contributed by atoms with Gasteiger partial charge in [0.25, 0.3) is 11.5 Å². The Hall–Kier alpha value is -6.59. The third-order valence-electron chi connectivity index (χ3n) is 8.23. The van der Waals surface area contributed by atoms with E-state index in [0.717, 1.165) is 4.90 Å². The number of hydrogen-bond acceptors (Lipinski definition) is 16. The lowest BCUT2D eigenvalue weighted by molar-refractivity contribution is -0.142. The lowest BCUT2D eigenvalue weighted by Crippen LogP contribution is -2.44. The van der Waals surface area contributed by atoms with Crippen molar-refractivity contribution in [3.8, 4) is 0 Å². The molecule has 2 aromatic heterocycles. The second-order valence-electron chi connectivity index (χ2n) is 12.9. The molecule has 0 saturated carbocycles. The molecule has 2 heterocycles. The van der Waals surface area contributed by atoms with Gasteiger partial charge in [-0.1, -0.05) is 0 Å². The van der Waals surface area contributed by atoms with E-state index in [1.165, 1.54) is 28.1 Å². The second kappa shape index (κ2) is 22.8. The van der Waals surface area contributed by atoms with Crippen molar-refractivity contribution in [1.82, 2.24) is 45.3 Å². The Bertz CT molecular complexity index is 1980. The molecular formula is C35H45N11O12. The number of fused-ring (bicyclic) bond motifs is 1. The molecule has 10 N–H and O–H groups in total. The Kier molecular flexibility index (Phi) is 18.0. The smallest absolute Gasteiger partial charge is 0.326 e. The zero-order chi connectivity index (χ0) is 42.8. The molecule has 0 bridgehead atoms. The van der Waals surface area contributed by atoms with E-state index in [1.54, 1.807) is 12.1 Å². The summed E-state index contributed by atoms with van der Waals surface area (Å²) in [6.07, 6.45) is 1.31. The molecule has 0 aliphatic carbocycles. The molecule has 0 saturated heterocycles. The summed E-state index contributed by atoms with van der Waals surface area (Å²) in [7, 11) is 5.91. The maximum atomic E-state index is 12.8. The molecule has 2 radical (unpaired) electrons. The number of benzene rings is 1. The molecule has 0 spiro atoms. The van der Waals surface area contributed by atoms with E-state index in [2.05, 4.69) is 35.9 Å². The number of nitrogens with zero attached hydrogens (tertiary/aromatic N) is 6. The van der Waals surface area contributed by atoms with Crippen LogP contribution in [0.25, 0.3) is 11.2 Å². The summed E-state index contributed by atoms with van der Waals surface area (Å²) < 4.78 is 0. The third kappa shape index (κ3) is 16.6. The number of anilines is 2. The molecule has 1 atom stereocenters. The van der Waals surface area contributed by atoms with Crippen LogP contribution in [-0.2, 0) is 35.3 Å². The number of carbonyl (C=O) groups excluding carboxylic acids is 3. The zero-order valence-electron chi connectivity index (χ0n) is 31.3. The largest absolute Gasteiger partial charge is 0.480 e. The van der Waals surface area contributed by atoms with Crippen molar-refractivity contribution in [3.63, 3.8) is 0 Å². The molecule has 58 heavy (non-hydrogen) atoms. The number of hydrogen-bond donors (Lipinski definition) is 9. The number of nitrogen functional groups attached to an aromatic ring is 1. The predicted molar refractivity (Wildman–Crippen MR) is 203 cm³/mol. The SMILES string of the molecule is [CH]N(CCN(CC(=O)O)CC(=O)O)CCN(CC(=O)O)CC(=O)NCCCC(=O)CC[C@H](NC(=O)c1ccc(NCc2cnc3nc(N)[nH]c(=O)c3n2)cc1)C(=O)O. The van der Waals surface area contributed by atoms with E-state index in [4.69, 9.17) is 23.0 Å². The van der Waals surface area contributed by atoms with Gasteiger partial charge < -0.3 is 42.1 Å².